The highest BCUT2D eigenvalue weighted by atomic mass is 16.6. The van der Waals surface area contributed by atoms with Crippen LogP contribution in [0.3, 0.4) is 0 Å². The van der Waals surface area contributed by atoms with E-state index in [1.54, 1.807) is 20.8 Å². The van der Waals surface area contributed by atoms with Crippen LogP contribution < -0.4 is 10.6 Å². The van der Waals surface area contributed by atoms with Gasteiger partial charge in [-0.1, -0.05) is 0 Å². The Morgan fingerprint density at radius 2 is 2.00 bits per heavy atom. The molecular weight excluding hydrogens is 258 g/mol. The number of hydrogen-bond acceptors (Lipinski definition) is 4. The third-order valence-corrected chi connectivity index (χ3v) is 3.05. The van der Waals surface area contributed by atoms with Gasteiger partial charge in [0.05, 0.1) is 6.07 Å². The van der Waals surface area contributed by atoms with Gasteiger partial charge in [-0.3, -0.25) is 4.79 Å². The summed E-state index contributed by atoms with van der Waals surface area (Å²) in [5.41, 5.74) is -1.17. The Labute approximate surface area is 119 Å². The van der Waals surface area contributed by atoms with Crippen LogP contribution in [0.2, 0.25) is 0 Å². The molecule has 0 aliphatic heterocycles. The standard InChI is InChI=1S/C14H23N3O3/c1-13(2,3)20-12(19)16-9-4-6-11(18)17-14(10-15)7-5-8-14/h4-9H2,1-3H3,(H,16,19)(H,17,18). The van der Waals surface area contributed by atoms with Crippen molar-refractivity contribution < 1.29 is 14.3 Å². The molecule has 0 atom stereocenters. The molecule has 0 aromatic heterocycles. The fourth-order valence-electron chi connectivity index (χ4n) is 1.88. The molecule has 1 saturated carbocycles. The van der Waals surface area contributed by atoms with Crippen molar-refractivity contribution in [1.82, 2.24) is 10.6 Å². The first kappa shape index (κ1) is 16.3. The highest BCUT2D eigenvalue weighted by Crippen LogP contribution is 2.30. The minimum Gasteiger partial charge on any atom is -0.444 e. The zero-order chi connectivity index (χ0) is 15.2. The maximum Gasteiger partial charge on any atom is 0.407 e. The van der Waals surface area contributed by atoms with Crippen LogP contribution in [0, 0.1) is 11.3 Å². The first-order chi connectivity index (χ1) is 9.26. The van der Waals surface area contributed by atoms with Crippen LogP contribution in [0.15, 0.2) is 0 Å². The van der Waals surface area contributed by atoms with Crippen molar-refractivity contribution in [1.29, 1.82) is 5.26 Å². The number of ether oxygens (including phenoxy) is 1. The van der Waals surface area contributed by atoms with Crippen molar-refractivity contribution in [2.45, 2.75) is 64.0 Å². The Balaban J connectivity index is 2.14. The molecule has 0 aromatic rings. The molecule has 112 valence electrons. The number of nitrogens with zero attached hydrogens (tertiary/aromatic N) is 1. The van der Waals surface area contributed by atoms with E-state index in [-0.39, 0.29) is 5.91 Å². The smallest absolute Gasteiger partial charge is 0.407 e. The van der Waals surface area contributed by atoms with Gasteiger partial charge in [-0.15, -0.1) is 0 Å². The third kappa shape index (κ3) is 5.47. The highest BCUT2D eigenvalue weighted by Gasteiger charge is 2.38. The molecule has 2 amide bonds. The summed E-state index contributed by atoms with van der Waals surface area (Å²) < 4.78 is 5.08. The van der Waals surface area contributed by atoms with E-state index in [4.69, 9.17) is 10.00 Å². The lowest BCUT2D eigenvalue weighted by atomic mass is 9.78. The predicted molar refractivity (Wildman–Crippen MR) is 73.8 cm³/mol. The average Bonchev–Trinajstić information content (AvgIpc) is 2.27. The van der Waals surface area contributed by atoms with Crippen LogP contribution in [-0.2, 0) is 9.53 Å². The largest absolute Gasteiger partial charge is 0.444 e. The summed E-state index contributed by atoms with van der Waals surface area (Å²) in [4.78, 5) is 23.0. The molecule has 0 spiro atoms. The van der Waals surface area contributed by atoms with E-state index in [1.165, 1.54) is 0 Å². The number of carbonyl (C=O) groups excluding carboxylic acids is 2. The summed E-state index contributed by atoms with van der Waals surface area (Å²) in [5.74, 6) is -0.141. The monoisotopic (exact) mass is 281 g/mol. The zero-order valence-corrected chi connectivity index (χ0v) is 12.4. The normalized spacial score (nSPS) is 16.5. The summed E-state index contributed by atoms with van der Waals surface area (Å²) in [5, 5.41) is 14.4. The molecule has 0 bridgehead atoms. The van der Waals surface area contributed by atoms with Crippen LogP contribution in [0.5, 0.6) is 0 Å². The van der Waals surface area contributed by atoms with Gasteiger partial charge in [0, 0.05) is 13.0 Å². The lowest BCUT2D eigenvalue weighted by Crippen LogP contribution is -2.52. The zero-order valence-electron chi connectivity index (χ0n) is 12.4. The molecule has 1 rings (SSSR count). The highest BCUT2D eigenvalue weighted by molar-refractivity contribution is 5.77. The van der Waals surface area contributed by atoms with Crippen LogP contribution in [0.1, 0.15) is 52.9 Å². The number of carbonyl (C=O) groups is 2. The first-order valence-corrected chi connectivity index (χ1v) is 6.95. The minimum atomic E-state index is -0.643. The number of rotatable bonds is 5. The topological polar surface area (TPSA) is 91.2 Å². The van der Waals surface area contributed by atoms with Crippen molar-refractivity contribution in [3.8, 4) is 6.07 Å². The van der Waals surface area contributed by atoms with Gasteiger partial charge < -0.3 is 15.4 Å². The van der Waals surface area contributed by atoms with Gasteiger partial charge in [-0.25, -0.2) is 4.79 Å². The molecule has 6 heteroatoms. The Kier molecular flexibility index (Phi) is 5.37. The molecule has 0 saturated heterocycles. The molecule has 1 fully saturated rings. The van der Waals surface area contributed by atoms with E-state index in [9.17, 15) is 9.59 Å². The van der Waals surface area contributed by atoms with E-state index in [0.29, 0.717) is 19.4 Å². The van der Waals surface area contributed by atoms with E-state index in [0.717, 1.165) is 19.3 Å². The average molecular weight is 281 g/mol. The summed E-state index contributed by atoms with van der Waals surface area (Å²) in [6.07, 6.45) is 2.77. The van der Waals surface area contributed by atoms with Gasteiger partial charge in [-0.2, -0.15) is 5.26 Å². The summed E-state index contributed by atoms with van der Waals surface area (Å²) in [6.45, 7) is 5.75. The van der Waals surface area contributed by atoms with Crippen LogP contribution >= 0.6 is 0 Å². The Morgan fingerprint density at radius 1 is 1.35 bits per heavy atom. The molecule has 6 nitrogen and oxygen atoms in total. The maximum absolute atomic E-state index is 11.7. The molecule has 1 aliphatic rings. The van der Waals surface area contributed by atoms with Gasteiger partial charge >= 0.3 is 6.09 Å². The third-order valence-electron chi connectivity index (χ3n) is 3.05. The summed E-state index contributed by atoms with van der Waals surface area (Å²) in [6, 6.07) is 2.16. The van der Waals surface area contributed by atoms with Gasteiger partial charge in [0.25, 0.3) is 0 Å². The number of nitriles is 1. The van der Waals surface area contributed by atoms with Crippen molar-refractivity contribution in [2.75, 3.05) is 6.54 Å². The summed E-state index contributed by atoms with van der Waals surface area (Å²) in [7, 11) is 0. The lowest BCUT2D eigenvalue weighted by Gasteiger charge is -2.35. The fourth-order valence-corrected chi connectivity index (χ4v) is 1.88. The molecule has 0 radical (unpaired) electrons. The Bertz CT molecular complexity index is 403. The van der Waals surface area contributed by atoms with Crippen molar-refractivity contribution in [3.63, 3.8) is 0 Å². The quantitative estimate of drug-likeness (QED) is 0.752. The number of amides is 2. The van der Waals surface area contributed by atoms with E-state index in [2.05, 4.69) is 16.7 Å². The second-order valence-electron chi connectivity index (χ2n) is 6.13. The van der Waals surface area contributed by atoms with Gasteiger partial charge in [-0.05, 0) is 46.5 Å². The minimum absolute atomic E-state index is 0.141. The maximum atomic E-state index is 11.7. The molecule has 0 unspecified atom stereocenters. The predicted octanol–water partition coefficient (Wildman–Crippen LogP) is 1.85. The molecule has 0 heterocycles. The van der Waals surface area contributed by atoms with E-state index in [1.807, 2.05) is 0 Å². The van der Waals surface area contributed by atoms with Gasteiger partial charge in [0.1, 0.15) is 11.1 Å². The SMILES string of the molecule is CC(C)(C)OC(=O)NCCCC(=O)NC1(C#N)CCC1. The first-order valence-electron chi connectivity index (χ1n) is 6.95. The Morgan fingerprint density at radius 3 is 2.45 bits per heavy atom. The van der Waals surface area contributed by atoms with Crippen LogP contribution in [-0.4, -0.2) is 29.7 Å². The van der Waals surface area contributed by atoms with Crippen LogP contribution in [0.25, 0.3) is 0 Å². The van der Waals surface area contributed by atoms with Gasteiger partial charge in [0.2, 0.25) is 5.91 Å². The molecular formula is C14H23N3O3. The van der Waals surface area contributed by atoms with E-state index >= 15 is 0 Å². The van der Waals surface area contributed by atoms with Crippen molar-refractivity contribution >= 4 is 12.0 Å². The summed E-state index contributed by atoms with van der Waals surface area (Å²) >= 11 is 0. The molecule has 1 aliphatic carbocycles. The number of nitrogens with one attached hydrogen (secondary N) is 2. The molecule has 0 aromatic carbocycles. The van der Waals surface area contributed by atoms with Crippen molar-refractivity contribution in [2.24, 2.45) is 0 Å². The second-order valence-corrected chi connectivity index (χ2v) is 6.13. The van der Waals surface area contributed by atoms with Crippen molar-refractivity contribution in [3.05, 3.63) is 0 Å². The number of alkyl carbamates (subject to hydrolysis) is 1. The molecule has 2 N–H and O–H groups in total. The Hall–Kier alpha value is -1.77. The van der Waals surface area contributed by atoms with E-state index < -0.39 is 17.2 Å². The second kappa shape index (κ2) is 6.60. The fraction of sp³-hybridized carbons (Fsp3) is 0.786. The van der Waals surface area contributed by atoms with Crippen LogP contribution in [0.4, 0.5) is 4.79 Å². The molecule has 20 heavy (non-hydrogen) atoms. The number of hydrogen-bond donors (Lipinski definition) is 2. The lowest BCUT2D eigenvalue weighted by molar-refractivity contribution is -0.123. The van der Waals surface area contributed by atoms with Gasteiger partial charge in [0.15, 0.2) is 0 Å².